The first-order valence-electron chi connectivity index (χ1n) is 7.06. The summed E-state index contributed by atoms with van der Waals surface area (Å²) in [6.07, 6.45) is 6.46. The average Bonchev–Trinajstić information content (AvgIpc) is 2.58. The summed E-state index contributed by atoms with van der Waals surface area (Å²) in [5.41, 5.74) is 4.63. The van der Waals surface area contributed by atoms with E-state index in [9.17, 15) is 0 Å². The van der Waals surface area contributed by atoms with Gasteiger partial charge in [-0.3, -0.25) is 0 Å². The van der Waals surface area contributed by atoms with Crippen molar-refractivity contribution in [2.24, 2.45) is 0 Å². The second-order valence-electron chi connectivity index (χ2n) is 5.35. The second kappa shape index (κ2) is 5.68. The molecule has 1 N–H and O–H groups in total. The van der Waals surface area contributed by atoms with Crippen LogP contribution in [0, 0.1) is 0 Å². The fourth-order valence-electron chi connectivity index (χ4n) is 2.83. The number of hydrogen-bond donors (Lipinski definition) is 1. The molecule has 2 rings (SSSR count). The zero-order valence-electron chi connectivity index (χ0n) is 11.4. The molecule has 2 atom stereocenters. The van der Waals surface area contributed by atoms with Gasteiger partial charge in [-0.05, 0) is 55.3 Å². The Kier molecular flexibility index (Phi) is 4.22. The van der Waals surface area contributed by atoms with E-state index in [2.05, 4.69) is 44.4 Å². The Morgan fingerprint density at radius 2 is 2.18 bits per heavy atom. The first-order chi connectivity index (χ1) is 8.26. The lowest BCUT2D eigenvalue weighted by Crippen LogP contribution is -2.16. The number of fused-ring (bicyclic) bond motifs is 1. The van der Waals surface area contributed by atoms with Gasteiger partial charge in [0.25, 0.3) is 0 Å². The van der Waals surface area contributed by atoms with Crippen LogP contribution >= 0.6 is 0 Å². The zero-order chi connectivity index (χ0) is 12.3. The molecule has 1 heteroatoms. The van der Waals surface area contributed by atoms with Crippen molar-refractivity contribution >= 4 is 0 Å². The topological polar surface area (TPSA) is 12.0 Å². The summed E-state index contributed by atoms with van der Waals surface area (Å²) in [6.45, 7) is 4.60. The molecule has 0 amide bonds. The van der Waals surface area contributed by atoms with Gasteiger partial charge in [0.1, 0.15) is 0 Å². The molecule has 0 radical (unpaired) electrons. The van der Waals surface area contributed by atoms with E-state index in [4.69, 9.17) is 0 Å². The normalized spacial score (nSPS) is 21.7. The van der Waals surface area contributed by atoms with Gasteiger partial charge in [-0.25, -0.2) is 0 Å². The summed E-state index contributed by atoms with van der Waals surface area (Å²) in [6, 6.07) is 7.73. The minimum atomic E-state index is 0.566. The van der Waals surface area contributed by atoms with Crippen LogP contribution in [-0.2, 0) is 6.42 Å². The summed E-state index contributed by atoms with van der Waals surface area (Å²) < 4.78 is 0. The van der Waals surface area contributed by atoms with E-state index in [1.807, 2.05) is 0 Å². The molecule has 0 saturated carbocycles. The first-order valence-corrected chi connectivity index (χ1v) is 7.06. The van der Waals surface area contributed by atoms with Crippen LogP contribution < -0.4 is 5.32 Å². The number of aryl methyl sites for hydroxylation is 1. The zero-order valence-corrected chi connectivity index (χ0v) is 11.4. The average molecular weight is 231 g/mol. The van der Waals surface area contributed by atoms with E-state index < -0.39 is 0 Å². The van der Waals surface area contributed by atoms with E-state index in [1.54, 1.807) is 11.1 Å². The molecule has 2 unspecified atom stereocenters. The van der Waals surface area contributed by atoms with E-state index in [0.29, 0.717) is 12.0 Å². The van der Waals surface area contributed by atoms with E-state index >= 15 is 0 Å². The van der Waals surface area contributed by atoms with Crippen molar-refractivity contribution < 1.29 is 0 Å². The molecular weight excluding hydrogens is 206 g/mol. The molecule has 1 aliphatic rings. The Morgan fingerprint density at radius 3 is 2.88 bits per heavy atom. The Morgan fingerprint density at radius 1 is 1.35 bits per heavy atom. The molecule has 0 heterocycles. The van der Waals surface area contributed by atoms with Gasteiger partial charge in [0.05, 0.1) is 0 Å². The third-order valence-corrected chi connectivity index (χ3v) is 4.26. The Labute approximate surface area is 106 Å². The first kappa shape index (κ1) is 12.6. The fourth-order valence-corrected chi connectivity index (χ4v) is 2.83. The number of nitrogens with one attached hydrogen (secondary N) is 1. The van der Waals surface area contributed by atoms with Crippen molar-refractivity contribution in [1.82, 2.24) is 5.32 Å². The molecule has 1 aromatic rings. The smallest absolute Gasteiger partial charge is 0.0320 e. The highest BCUT2D eigenvalue weighted by molar-refractivity contribution is 5.36. The Bertz CT molecular complexity index is 370. The molecule has 1 nitrogen and oxygen atoms in total. The molecular formula is C16H25N. The van der Waals surface area contributed by atoms with Crippen molar-refractivity contribution in [3.05, 3.63) is 34.9 Å². The van der Waals surface area contributed by atoms with Crippen LogP contribution in [0.25, 0.3) is 0 Å². The Hall–Kier alpha value is -0.820. The molecule has 0 saturated heterocycles. The molecule has 17 heavy (non-hydrogen) atoms. The van der Waals surface area contributed by atoms with E-state index in [-0.39, 0.29) is 0 Å². The summed E-state index contributed by atoms with van der Waals surface area (Å²) in [5, 5.41) is 3.48. The minimum Gasteiger partial charge on any atom is -0.313 e. The lowest BCUT2D eigenvalue weighted by Gasteiger charge is -2.19. The number of benzene rings is 1. The van der Waals surface area contributed by atoms with Gasteiger partial charge in [-0.1, -0.05) is 38.5 Å². The summed E-state index contributed by atoms with van der Waals surface area (Å²) in [7, 11) is 2.09. The largest absolute Gasteiger partial charge is 0.313 e. The molecule has 0 spiro atoms. The number of hydrogen-bond acceptors (Lipinski definition) is 1. The minimum absolute atomic E-state index is 0.566. The van der Waals surface area contributed by atoms with E-state index in [1.165, 1.54) is 37.7 Å². The van der Waals surface area contributed by atoms with Gasteiger partial charge in [-0.15, -0.1) is 0 Å². The molecule has 0 bridgehead atoms. The second-order valence-corrected chi connectivity index (χ2v) is 5.35. The van der Waals surface area contributed by atoms with Gasteiger partial charge >= 0.3 is 0 Å². The maximum atomic E-state index is 3.48. The maximum absolute atomic E-state index is 3.48. The molecule has 94 valence electrons. The molecule has 1 aromatic carbocycles. The standard InChI is InChI=1S/C16H25N/c1-4-12(2)14-10-9-13-7-5-6-8-16(17-3)15(13)11-14/h9-12,16-17H,4-8H2,1-3H3. The van der Waals surface area contributed by atoms with Gasteiger partial charge in [0, 0.05) is 6.04 Å². The molecule has 0 aliphatic heterocycles. The van der Waals surface area contributed by atoms with Crippen LogP contribution in [-0.4, -0.2) is 7.05 Å². The summed E-state index contributed by atoms with van der Waals surface area (Å²) >= 11 is 0. The third kappa shape index (κ3) is 2.71. The van der Waals surface area contributed by atoms with Crippen molar-refractivity contribution in [3.8, 4) is 0 Å². The predicted molar refractivity (Wildman–Crippen MR) is 74.5 cm³/mol. The van der Waals surface area contributed by atoms with Crippen molar-refractivity contribution in [2.75, 3.05) is 7.05 Å². The highest BCUT2D eigenvalue weighted by Gasteiger charge is 2.18. The van der Waals surface area contributed by atoms with Crippen molar-refractivity contribution in [1.29, 1.82) is 0 Å². The van der Waals surface area contributed by atoms with Crippen molar-refractivity contribution in [2.45, 2.75) is 57.9 Å². The van der Waals surface area contributed by atoms with Gasteiger partial charge in [-0.2, -0.15) is 0 Å². The lowest BCUT2D eigenvalue weighted by molar-refractivity contribution is 0.532. The highest BCUT2D eigenvalue weighted by Crippen LogP contribution is 2.31. The van der Waals surface area contributed by atoms with Gasteiger partial charge < -0.3 is 5.32 Å². The highest BCUT2D eigenvalue weighted by atomic mass is 14.9. The van der Waals surface area contributed by atoms with Crippen LogP contribution in [0.4, 0.5) is 0 Å². The lowest BCUT2D eigenvalue weighted by atomic mass is 9.91. The maximum Gasteiger partial charge on any atom is 0.0320 e. The molecule has 1 aliphatic carbocycles. The molecule has 0 aromatic heterocycles. The van der Waals surface area contributed by atoms with Gasteiger partial charge in [0.2, 0.25) is 0 Å². The quantitative estimate of drug-likeness (QED) is 0.769. The number of rotatable bonds is 3. The van der Waals surface area contributed by atoms with Crippen LogP contribution in [0.3, 0.4) is 0 Å². The monoisotopic (exact) mass is 231 g/mol. The van der Waals surface area contributed by atoms with Crippen molar-refractivity contribution in [3.63, 3.8) is 0 Å². The Balaban J connectivity index is 2.36. The molecule has 0 fully saturated rings. The summed E-state index contributed by atoms with van der Waals surface area (Å²) in [4.78, 5) is 0. The predicted octanol–water partition coefficient (Wildman–Crippen LogP) is 4.19. The van der Waals surface area contributed by atoms with Crippen LogP contribution in [0.1, 0.15) is 68.2 Å². The fraction of sp³-hybridized carbons (Fsp3) is 0.625. The third-order valence-electron chi connectivity index (χ3n) is 4.26. The van der Waals surface area contributed by atoms with Crippen LogP contribution in [0.2, 0.25) is 0 Å². The summed E-state index contributed by atoms with van der Waals surface area (Å²) in [5.74, 6) is 0.682. The van der Waals surface area contributed by atoms with Crippen LogP contribution in [0.5, 0.6) is 0 Å². The SMILES string of the molecule is CCC(C)c1ccc2c(c1)C(NC)CCCC2. The van der Waals surface area contributed by atoms with E-state index in [0.717, 1.165) is 0 Å². The van der Waals surface area contributed by atoms with Gasteiger partial charge in [0.15, 0.2) is 0 Å². The van der Waals surface area contributed by atoms with Crippen LogP contribution in [0.15, 0.2) is 18.2 Å².